The normalized spacial score (nSPS) is 10.5. The van der Waals surface area contributed by atoms with E-state index in [2.05, 4.69) is 0 Å². The van der Waals surface area contributed by atoms with E-state index in [0.29, 0.717) is 19.0 Å². The third-order valence-electron chi connectivity index (χ3n) is 2.23. The number of hydrogen-bond donors (Lipinski definition) is 1. The maximum atomic E-state index is 9.80. The summed E-state index contributed by atoms with van der Waals surface area (Å²) in [5, 5.41) is 9.80. The molecule has 3 nitrogen and oxygen atoms in total. The highest BCUT2D eigenvalue weighted by molar-refractivity contribution is 5.44. The van der Waals surface area contributed by atoms with Crippen LogP contribution in [0.1, 0.15) is 16.7 Å². The highest BCUT2D eigenvalue weighted by atomic mass is 16.5. The summed E-state index contributed by atoms with van der Waals surface area (Å²) < 4.78 is 9.99. The molecule has 0 amide bonds. The Morgan fingerprint density at radius 2 is 1.57 bits per heavy atom. The Morgan fingerprint density at radius 1 is 1.07 bits per heavy atom. The van der Waals surface area contributed by atoms with Crippen LogP contribution in [0.25, 0.3) is 0 Å². The summed E-state index contributed by atoms with van der Waals surface area (Å²) in [5.74, 6) is 0.307. The molecule has 0 aliphatic carbocycles. The van der Waals surface area contributed by atoms with E-state index < -0.39 is 0 Å². The number of methoxy groups -OCH3 is 2. The lowest BCUT2D eigenvalue weighted by Gasteiger charge is -2.10. The highest BCUT2D eigenvalue weighted by Crippen LogP contribution is 2.26. The Bertz CT molecular complexity index is 277. The number of phenolic OH excluding ortho intramolecular Hbond substituents is 1. The molecule has 78 valence electrons. The second-order valence-electron chi connectivity index (χ2n) is 3.22. The van der Waals surface area contributed by atoms with Crippen molar-refractivity contribution in [3.8, 4) is 5.75 Å². The van der Waals surface area contributed by atoms with Crippen LogP contribution < -0.4 is 0 Å². The maximum absolute atomic E-state index is 9.80. The molecule has 1 aromatic carbocycles. The topological polar surface area (TPSA) is 38.7 Å². The van der Waals surface area contributed by atoms with Gasteiger partial charge < -0.3 is 14.6 Å². The van der Waals surface area contributed by atoms with E-state index in [0.717, 1.165) is 16.7 Å². The fraction of sp³-hybridized carbons (Fsp3) is 0.455. The van der Waals surface area contributed by atoms with Gasteiger partial charge in [-0.3, -0.25) is 0 Å². The van der Waals surface area contributed by atoms with Gasteiger partial charge in [0.05, 0.1) is 13.2 Å². The molecule has 0 heterocycles. The Kier molecular flexibility index (Phi) is 3.92. The molecule has 0 aromatic heterocycles. The fourth-order valence-corrected chi connectivity index (χ4v) is 1.38. The van der Waals surface area contributed by atoms with Gasteiger partial charge in [0.1, 0.15) is 5.75 Å². The predicted molar refractivity (Wildman–Crippen MR) is 54.3 cm³/mol. The summed E-state index contributed by atoms with van der Waals surface area (Å²) in [7, 11) is 3.25. The van der Waals surface area contributed by atoms with Gasteiger partial charge in [0.25, 0.3) is 0 Å². The summed E-state index contributed by atoms with van der Waals surface area (Å²) in [6.07, 6.45) is 0. The molecule has 0 unspecified atom stereocenters. The first-order valence-electron chi connectivity index (χ1n) is 4.49. The molecule has 0 aliphatic heterocycles. The van der Waals surface area contributed by atoms with Gasteiger partial charge in [0, 0.05) is 19.8 Å². The van der Waals surface area contributed by atoms with Gasteiger partial charge in [0.2, 0.25) is 0 Å². The lowest BCUT2D eigenvalue weighted by Crippen LogP contribution is -1.96. The van der Waals surface area contributed by atoms with Gasteiger partial charge >= 0.3 is 0 Å². The van der Waals surface area contributed by atoms with E-state index in [1.807, 2.05) is 19.1 Å². The van der Waals surface area contributed by atoms with Crippen LogP contribution in [-0.4, -0.2) is 19.3 Å². The van der Waals surface area contributed by atoms with Crippen molar-refractivity contribution in [3.05, 3.63) is 28.8 Å². The van der Waals surface area contributed by atoms with E-state index in [4.69, 9.17) is 9.47 Å². The van der Waals surface area contributed by atoms with E-state index >= 15 is 0 Å². The lowest BCUT2D eigenvalue weighted by molar-refractivity contribution is 0.179. The van der Waals surface area contributed by atoms with Gasteiger partial charge in [-0.25, -0.2) is 0 Å². The second-order valence-corrected chi connectivity index (χ2v) is 3.22. The van der Waals surface area contributed by atoms with Gasteiger partial charge in [-0.15, -0.1) is 0 Å². The Balaban J connectivity index is 2.99. The number of ether oxygens (including phenoxy) is 2. The van der Waals surface area contributed by atoms with E-state index in [-0.39, 0.29) is 0 Å². The van der Waals surface area contributed by atoms with Crippen LogP contribution in [0, 0.1) is 6.92 Å². The number of phenols is 1. The van der Waals surface area contributed by atoms with Crippen molar-refractivity contribution in [2.45, 2.75) is 20.1 Å². The average Bonchev–Trinajstić information content (AvgIpc) is 2.18. The minimum atomic E-state index is 0.307. The molecule has 0 spiro atoms. The molecule has 0 saturated heterocycles. The predicted octanol–water partition coefficient (Wildman–Crippen LogP) is 1.99. The largest absolute Gasteiger partial charge is 0.507 e. The van der Waals surface area contributed by atoms with Crippen LogP contribution in [0.15, 0.2) is 12.1 Å². The third kappa shape index (κ3) is 2.25. The van der Waals surface area contributed by atoms with Crippen LogP contribution in [0.3, 0.4) is 0 Å². The van der Waals surface area contributed by atoms with Gasteiger partial charge in [-0.2, -0.15) is 0 Å². The quantitative estimate of drug-likeness (QED) is 0.800. The van der Waals surface area contributed by atoms with Gasteiger partial charge in [-0.1, -0.05) is 12.1 Å². The summed E-state index contributed by atoms with van der Waals surface area (Å²) in [6, 6.07) is 3.81. The van der Waals surface area contributed by atoms with Crippen LogP contribution in [0.5, 0.6) is 5.75 Å². The zero-order valence-corrected chi connectivity index (χ0v) is 8.83. The SMILES string of the molecule is COCc1ccc(COC)c(O)c1C. The Morgan fingerprint density at radius 3 is 2.14 bits per heavy atom. The van der Waals surface area contributed by atoms with Crippen molar-refractivity contribution in [1.82, 2.24) is 0 Å². The number of hydrogen-bond acceptors (Lipinski definition) is 3. The van der Waals surface area contributed by atoms with Crippen LogP contribution in [-0.2, 0) is 22.7 Å². The molecular formula is C11H16O3. The summed E-state index contributed by atoms with van der Waals surface area (Å²) in [6.45, 7) is 2.83. The van der Waals surface area contributed by atoms with Crippen molar-refractivity contribution in [1.29, 1.82) is 0 Å². The summed E-state index contributed by atoms with van der Waals surface area (Å²) in [5.41, 5.74) is 2.68. The number of rotatable bonds is 4. The Labute approximate surface area is 84.3 Å². The zero-order chi connectivity index (χ0) is 10.6. The maximum Gasteiger partial charge on any atom is 0.124 e. The van der Waals surface area contributed by atoms with Crippen molar-refractivity contribution >= 4 is 0 Å². The lowest BCUT2D eigenvalue weighted by atomic mass is 10.0. The molecule has 0 fully saturated rings. The van der Waals surface area contributed by atoms with Crippen LogP contribution in [0.2, 0.25) is 0 Å². The number of benzene rings is 1. The van der Waals surface area contributed by atoms with Crippen molar-refractivity contribution in [3.63, 3.8) is 0 Å². The molecule has 1 N–H and O–H groups in total. The van der Waals surface area contributed by atoms with Crippen LogP contribution >= 0.6 is 0 Å². The molecule has 1 rings (SSSR count). The van der Waals surface area contributed by atoms with Gasteiger partial charge in [-0.05, 0) is 18.1 Å². The minimum Gasteiger partial charge on any atom is -0.507 e. The molecule has 3 heteroatoms. The zero-order valence-electron chi connectivity index (χ0n) is 8.83. The molecule has 0 bridgehead atoms. The first-order valence-corrected chi connectivity index (χ1v) is 4.49. The summed E-state index contributed by atoms with van der Waals surface area (Å²) >= 11 is 0. The standard InChI is InChI=1S/C11H16O3/c1-8-9(6-13-2)4-5-10(7-14-3)11(8)12/h4-5,12H,6-7H2,1-3H3. The van der Waals surface area contributed by atoms with Crippen molar-refractivity contribution < 1.29 is 14.6 Å². The molecule has 0 atom stereocenters. The molecular weight excluding hydrogens is 180 g/mol. The molecule has 0 saturated carbocycles. The minimum absolute atomic E-state index is 0.307. The first kappa shape index (κ1) is 11.0. The molecule has 1 aromatic rings. The third-order valence-corrected chi connectivity index (χ3v) is 2.23. The second kappa shape index (κ2) is 4.98. The smallest absolute Gasteiger partial charge is 0.124 e. The number of aromatic hydroxyl groups is 1. The first-order chi connectivity index (χ1) is 6.70. The molecule has 14 heavy (non-hydrogen) atoms. The highest BCUT2D eigenvalue weighted by Gasteiger charge is 2.08. The average molecular weight is 196 g/mol. The van der Waals surface area contributed by atoms with Crippen LogP contribution in [0.4, 0.5) is 0 Å². The summed E-state index contributed by atoms with van der Waals surface area (Å²) in [4.78, 5) is 0. The molecule has 0 aliphatic rings. The van der Waals surface area contributed by atoms with E-state index in [1.54, 1.807) is 14.2 Å². The van der Waals surface area contributed by atoms with E-state index in [9.17, 15) is 5.11 Å². The monoisotopic (exact) mass is 196 g/mol. The Hall–Kier alpha value is -1.06. The van der Waals surface area contributed by atoms with Crippen molar-refractivity contribution in [2.24, 2.45) is 0 Å². The van der Waals surface area contributed by atoms with Crippen molar-refractivity contribution in [2.75, 3.05) is 14.2 Å². The fourth-order valence-electron chi connectivity index (χ4n) is 1.38. The van der Waals surface area contributed by atoms with E-state index in [1.165, 1.54) is 0 Å². The van der Waals surface area contributed by atoms with Gasteiger partial charge in [0.15, 0.2) is 0 Å². The molecule has 0 radical (unpaired) electrons.